The minimum absolute atomic E-state index is 0.0970. The lowest BCUT2D eigenvalue weighted by Crippen LogP contribution is -2.21. The van der Waals surface area contributed by atoms with Gasteiger partial charge in [-0.25, -0.2) is 22.0 Å². The quantitative estimate of drug-likeness (QED) is 0.0874. The van der Waals surface area contributed by atoms with E-state index in [1.165, 1.54) is 11.6 Å². The Morgan fingerprint density at radius 1 is 0.700 bits per heavy atom. The van der Waals surface area contributed by atoms with Crippen molar-refractivity contribution in [1.29, 1.82) is 0 Å². The first kappa shape index (κ1) is 27.1. The van der Waals surface area contributed by atoms with Crippen molar-refractivity contribution in [2.75, 3.05) is 0 Å². The van der Waals surface area contributed by atoms with E-state index in [9.17, 15) is 26.7 Å². The SMILES string of the molecule is Cc1nn(-c2ccccc2)c(OC(=O)C(c2ccccc2)c2ccccc2)c1Sc1c(F)c(F)c(F)c(F)c1F. The van der Waals surface area contributed by atoms with Gasteiger partial charge in [0.25, 0.3) is 0 Å². The number of esters is 1. The number of carbonyl (C=O) groups is 1. The Morgan fingerprint density at radius 3 is 1.65 bits per heavy atom. The molecule has 5 aromatic rings. The third kappa shape index (κ3) is 5.10. The monoisotopic (exact) mass is 566 g/mol. The predicted molar refractivity (Wildman–Crippen MR) is 139 cm³/mol. The fourth-order valence-electron chi connectivity index (χ4n) is 4.13. The van der Waals surface area contributed by atoms with E-state index in [-0.39, 0.29) is 28.2 Å². The molecule has 0 fully saturated rings. The highest BCUT2D eigenvalue weighted by Gasteiger charge is 2.32. The molecule has 0 radical (unpaired) electrons. The van der Waals surface area contributed by atoms with E-state index in [4.69, 9.17) is 4.74 Å². The van der Waals surface area contributed by atoms with E-state index in [0.717, 1.165) is 0 Å². The second-order valence-electron chi connectivity index (χ2n) is 8.64. The molecule has 0 N–H and O–H groups in total. The Bertz CT molecular complexity index is 1610. The van der Waals surface area contributed by atoms with Gasteiger partial charge in [0.15, 0.2) is 23.3 Å². The van der Waals surface area contributed by atoms with E-state index >= 15 is 0 Å². The molecule has 0 aliphatic heterocycles. The Hall–Kier alpha value is -4.44. The molecule has 0 saturated carbocycles. The van der Waals surface area contributed by atoms with Crippen LogP contribution in [0.3, 0.4) is 0 Å². The number of aryl methyl sites for hydroxylation is 1. The zero-order chi connectivity index (χ0) is 28.4. The molecule has 40 heavy (non-hydrogen) atoms. The summed E-state index contributed by atoms with van der Waals surface area (Å²) < 4.78 is 78.1. The second kappa shape index (κ2) is 11.4. The number of halogens is 5. The number of nitrogens with zero attached hydrogens (tertiary/aromatic N) is 2. The summed E-state index contributed by atoms with van der Waals surface area (Å²) in [4.78, 5) is 12.6. The maximum Gasteiger partial charge on any atom is 0.324 e. The highest BCUT2D eigenvalue weighted by atomic mass is 32.2. The van der Waals surface area contributed by atoms with Crippen LogP contribution in [-0.4, -0.2) is 15.7 Å². The lowest BCUT2D eigenvalue weighted by atomic mass is 9.91. The molecule has 0 unspecified atom stereocenters. The van der Waals surface area contributed by atoms with Gasteiger partial charge in [-0.3, -0.25) is 4.79 Å². The number of hydrogen-bond acceptors (Lipinski definition) is 4. The molecule has 0 aliphatic rings. The molecule has 0 spiro atoms. The Morgan fingerprint density at radius 2 is 1.15 bits per heavy atom. The van der Waals surface area contributed by atoms with Gasteiger partial charge in [-0.05, 0) is 30.2 Å². The van der Waals surface area contributed by atoms with E-state index < -0.39 is 45.9 Å². The average Bonchev–Trinajstić information content (AvgIpc) is 3.29. The summed E-state index contributed by atoms with van der Waals surface area (Å²) in [5, 5.41) is 4.37. The van der Waals surface area contributed by atoms with Gasteiger partial charge in [0.2, 0.25) is 11.7 Å². The van der Waals surface area contributed by atoms with Crippen LogP contribution in [0.15, 0.2) is 101 Å². The van der Waals surface area contributed by atoms with Crippen LogP contribution in [0.1, 0.15) is 22.7 Å². The van der Waals surface area contributed by atoms with E-state index in [0.29, 0.717) is 16.8 Å². The number of benzene rings is 4. The maximum atomic E-state index is 14.6. The summed E-state index contributed by atoms with van der Waals surface area (Å²) in [6.45, 7) is 1.47. The summed E-state index contributed by atoms with van der Waals surface area (Å²) in [7, 11) is 0. The highest BCUT2D eigenvalue weighted by Crippen LogP contribution is 2.43. The van der Waals surface area contributed by atoms with E-state index in [1.807, 2.05) is 0 Å². The minimum Gasteiger partial charge on any atom is -0.405 e. The van der Waals surface area contributed by atoms with Gasteiger partial charge in [-0.2, -0.15) is 9.78 Å². The third-order valence-electron chi connectivity index (χ3n) is 6.04. The van der Waals surface area contributed by atoms with Gasteiger partial charge >= 0.3 is 5.97 Å². The van der Waals surface area contributed by atoms with Crippen LogP contribution in [-0.2, 0) is 4.79 Å². The fraction of sp³-hybridized carbons (Fsp3) is 0.0667. The first-order chi connectivity index (χ1) is 19.3. The van der Waals surface area contributed by atoms with Crippen LogP contribution in [0, 0.1) is 36.0 Å². The van der Waals surface area contributed by atoms with Crippen molar-refractivity contribution in [3.8, 4) is 11.6 Å². The maximum absolute atomic E-state index is 14.6. The molecular formula is C30H19F5N2O2S. The first-order valence-corrected chi connectivity index (χ1v) is 12.8. The molecule has 202 valence electrons. The second-order valence-corrected chi connectivity index (χ2v) is 9.66. The summed E-state index contributed by atoms with van der Waals surface area (Å²) in [5.41, 5.74) is 1.82. The lowest BCUT2D eigenvalue weighted by Gasteiger charge is -2.18. The smallest absolute Gasteiger partial charge is 0.324 e. The van der Waals surface area contributed by atoms with Crippen molar-refractivity contribution in [2.45, 2.75) is 22.6 Å². The van der Waals surface area contributed by atoms with Crippen molar-refractivity contribution in [3.05, 3.63) is 137 Å². The van der Waals surface area contributed by atoms with E-state index in [1.54, 1.807) is 91.0 Å². The summed E-state index contributed by atoms with van der Waals surface area (Å²) in [6.07, 6.45) is 0. The van der Waals surface area contributed by atoms with Crippen LogP contribution >= 0.6 is 11.8 Å². The Balaban J connectivity index is 1.64. The number of ether oxygens (including phenoxy) is 1. The Kier molecular flexibility index (Phi) is 7.70. The number of rotatable bonds is 7. The summed E-state index contributed by atoms with van der Waals surface area (Å²) in [6, 6.07) is 26.1. The standard InChI is InChI=1S/C30H19F5N2O2S/c1-17-27(40-28-25(34)23(32)22(31)24(33)26(28)35)29(37(36-17)20-15-9-4-10-16-20)39-30(38)21(18-11-5-2-6-12-18)19-13-7-3-8-14-19/h2-16,21H,1H3. The van der Waals surface area contributed by atoms with Crippen molar-refractivity contribution in [3.63, 3.8) is 0 Å². The number of aromatic nitrogens is 2. The van der Waals surface area contributed by atoms with E-state index in [2.05, 4.69) is 5.10 Å². The van der Waals surface area contributed by atoms with Gasteiger partial charge in [0.05, 0.1) is 21.2 Å². The highest BCUT2D eigenvalue weighted by molar-refractivity contribution is 7.99. The average molecular weight is 567 g/mol. The zero-order valence-electron chi connectivity index (χ0n) is 20.7. The molecule has 0 amide bonds. The predicted octanol–water partition coefficient (Wildman–Crippen LogP) is 7.76. The van der Waals surface area contributed by atoms with Gasteiger partial charge in [-0.15, -0.1) is 0 Å². The van der Waals surface area contributed by atoms with Crippen molar-refractivity contribution in [1.82, 2.24) is 9.78 Å². The molecule has 1 aromatic heterocycles. The molecule has 4 nitrogen and oxygen atoms in total. The van der Waals surface area contributed by atoms with Crippen LogP contribution < -0.4 is 4.74 Å². The normalized spacial score (nSPS) is 11.2. The fourth-order valence-corrected chi connectivity index (χ4v) is 5.10. The van der Waals surface area contributed by atoms with Crippen LogP contribution in [0.2, 0.25) is 0 Å². The third-order valence-corrected chi connectivity index (χ3v) is 7.28. The van der Waals surface area contributed by atoms with Gasteiger partial charge in [-0.1, -0.05) is 90.6 Å². The molecule has 0 bridgehead atoms. The molecule has 4 aromatic carbocycles. The molecule has 1 heterocycles. The topological polar surface area (TPSA) is 44.1 Å². The van der Waals surface area contributed by atoms with Gasteiger partial charge < -0.3 is 4.74 Å². The zero-order valence-corrected chi connectivity index (χ0v) is 21.6. The van der Waals surface area contributed by atoms with Crippen molar-refractivity contribution in [2.24, 2.45) is 0 Å². The van der Waals surface area contributed by atoms with Gasteiger partial charge in [0.1, 0.15) is 5.92 Å². The van der Waals surface area contributed by atoms with Gasteiger partial charge in [0, 0.05) is 0 Å². The van der Waals surface area contributed by atoms with Crippen LogP contribution in [0.25, 0.3) is 5.69 Å². The number of carbonyl (C=O) groups excluding carboxylic acids is 1. The molecule has 0 saturated heterocycles. The van der Waals surface area contributed by atoms with Crippen molar-refractivity contribution < 1.29 is 31.5 Å². The molecule has 5 rings (SSSR count). The van der Waals surface area contributed by atoms with Crippen LogP contribution in [0.5, 0.6) is 5.88 Å². The summed E-state index contributed by atoms with van der Waals surface area (Å²) >= 11 is 0.235. The number of hydrogen-bond donors (Lipinski definition) is 0. The molecule has 10 heteroatoms. The number of para-hydroxylation sites is 1. The van der Waals surface area contributed by atoms with Crippen LogP contribution in [0.4, 0.5) is 22.0 Å². The summed E-state index contributed by atoms with van der Waals surface area (Å²) in [5.74, 6) is -12.3. The largest absolute Gasteiger partial charge is 0.405 e. The molecule has 0 atom stereocenters. The minimum atomic E-state index is -2.27. The lowest BCUT2D eigenvalue weighted by molar-refractivity contribution is -0.135. The first-order valence-electron chi connectivity index (χ1n) is 11.9. The van der Waals surface area contributed by atoms with Crippen molar-refractivity contribution >= 4 is 17.7 Å². The molecule has 0 aliphatic carbocycles. The Labute approximate surface area is 230 Å². The molecular weight excluding hydrogens is 547 g/mol.